The largest absolute Gasteiger partial charge is 0.456 e. The Balaban J connectivity index is 2.11. The van der Waals surface area contributed by atoms with Crippen LogP contribution in [0.15, 0.2) is 34.8 Å². The van der Waals surface area contributed by atoms with E-state index in [4.69, 9.17) is 9.47 Å². The second-order valence-electron chi connectivity index (χ2n) is 8.18. The molecule has 0 radical (unpaired) electrons. The maximum atomic E-state index is 15.4. The molecule has 4 nitrogen and oxygen atoms in total. The monoisotopic (exact) mass is 497 g/mol. The number of hydrogen-bond acceptors (Lipinski definition) is 3. The fraction of sp³-hybridized carbons (Fsp3) is 0.348. The number of halogens is 4. The Kier molecular flexibility index (Phi) is 6.81. The highest BCUT2D eigenvalue weighted by molar-refractivity contribution is 9.10. The number of benzene rings is 2. The van der Waals surface area contributed by atoms with E-state index >= 15 is 4.39 Å². The fourth-order valence-electron chi connectivity index (χ4n) is 3.34. The molecule has 0 saturated carbocycles. The number of rotatable bonds is 6. The zero-order chi connectivity index (χ0) is 22.9. The Labute approximate surface area is 187 Å². The van der Waals surface area contributed by atoms with Crippen molar-refractivity contribution in [3.63, 3.8) is 0 Å². The third-order valence-corrected chi connectivity index (χ3v) is 5.29. The molecule has 166 valence electrons. The van der Waals surface area contributed by atoms with E-state index in [0.717, 1.165) is 12.1 Å². The average Bonchev–Trinajstić information content (AvgIpc) is 3.01. The van der Waals surface area contributed by atoms with Gasteiger partial charge in [-0.25, -0.2) is 18.0 Å². The highest BCUT2D eigenvalue weighted by Gasteiger charge is 2.24. The average molecular weight is 498 g/mol. The number of esters is 1. The minimum atomic E-state index is -0.773. The van der Waals surface area contributed by atoms with Gasteiger partial charge < -0.3 is 14.0 Å². The van der Waals surface area contributed by atoms with Crippen LogP contribution in [0.5, 0.6) is 0 Å². The normalized spacial score (nSPS) is 11.9. The van der Waals surface area contributed by atoms with Crippen molar-refractivity contribution in [1.29, 1.82) is 0 Å². The molecule has 0 N–H and O–H groups in total. The van der Waals surface area contributed by atoms with Gasteiger partial charge in [0.2, 0.25) is 0 Å². The van der Waals surface area contributed by atoms with E-state index in [1.54, 1.807) is 37.5 Å². The van der Waals surface area contributed by atoms with Crippen LogP contribution in [0.1, 0.15) is 42.4 Å². The van der Waals surface area contributed by atoms with Gasteiger partial charge in [-0.2, -0.15) is 0 Å². The molecule has 0 bridgehead atoms. The SMILES string of the molecule is COCCn1c(Cc2cc(F)c(Br)cc2F)cc2ccc(C(=O)OC(C)(C)C)c(F)c21. The lowest BCUT2D eigenvalue weighted by Gasteiger charge is -2.20. The number of carbonyl (C=O) groups excluding carboxylic acids is 1. The van der Waals surface area contributed by atoms with Crippen molar-refractivity contribution in [2.24, 2.45) is 0 Å². The van der Waals surface area contributed by atoms with Gasteiger partial charge in [0.15, 0.2) is 5.82 Å². The summed E-state index contributed by atoms with van der Waals surface area (Å²) < 4.78 is 55.9. The quantitative estimate of drug-likeness (QED) is 0.309. The summed E-state index contributed by atoms with van der Waals surface area (Å²) in [5.41, 5.74) is -0.0758. The Morgan fingerprint density at radius 1 is 1.10 bits per heavy atom. The Morgan fingerprint density at radius 3 is 2.45 bits per heavy atom. The Hall–Kier alpha value is -2.32. The Bertz CT molecular complexity index is 1140. The second-order valence-corrected chi connectivity index (χ2v) is 9.04. The van der Waals surface area contributed by atoms with Gasteiger partial charge in [0.25, 0.3) is 0 Å². The molecule has 8 heteroatoms. The first-order chi connectivity index (χ1) is 14.5. The predicted molar refractivity (Wildman–Crippen MR) is 116 cm³/mol. The van der Waals surface area contributed by atoms with E-state index in [1.165, 1.54) is 13.2 Å². The highest BCUT2D eigenvalue weighted by atomic mass is 79.9. The van der Waals surface area contributed by atoms with E-state index in [0.29, 0.717) is 11.1 Å². The van der Waals surface area contributed by atoms with Gasteiger partial charge in [-0.05, 0) is 66.5 Å². The molecule has 2 aromatic carbocycles. The summed E-state index contributed by atoms with van der Waals surface area (Å²) >= 11 is 2.96. The van der Waals surface area contributed by atoms with Crippen molar-refractivity contribution < 1.29 is 27.4 Å². The van der Waals surface area contributed by atoms with Gasteiger partial charge in [-0.15, -0.1) is 0 Å². The maximum absolute atomic E-state index is 15.4. The van der Waals surface area contributed by atoms with Gasteiger partial charge in [0.05, 0.1) is 22.2 Å². The molecule has 1 aromatic heterocycles. The molecule has 0 amide bonds. The van der Waals surface area contributed by atoms with E-state index < -0.39 is 29.0 Å². The van der Waals surface area contributed by atoms with Crippen molar-refractivity contribution in [2.45, 2.75) is 39.3 Å². The van der Waals surface area contributed by atoms with Gasteiger partial charge >= 0.3 is 5.97 Å². The molecule has 0 saturated heterocycles. The summed E-state index contributed by atoms with van der Waals surface area (Å²) in [6.07, 6.45) is 0.0373. The summed E-state index contributed by atoms with van der Waals surface area (Å²) in [4.78, 5) is 12.5. The molecule has 0 atom stereocenters. The zero-order valence-electron chi connectivity index (χ0n) is 17.7. The number of methoxy groups -OCH3 is 1. The molecule has 3 aromatic rings. The summed E-state index contributed by atoms with van der Waals surface area (Å²) in [7, 11) is 1.51. The molecule has 0 fully saturated rings. The summed E-state index contributed by atoms with van der Waals surface area (Å²) in [6, 6.07) is 6.86. The number of carbonyl (C=O) groups is 1. The molecular weight excluding hydrogens is 475 g/mol. The van der Waals surface area contributed by atoms with Crippen LogP contribution in [0, 0.1) is 17.5 Å². The van der Waals surface area contributed by atoms with Crippen LogP contribution in [0.2, 0.25) is 0 Å². The van der Waals surface area contributed by atoms with Crippen molar-refractivity contribution in [2.75, 3.05) is 13.7 Å². The third-order valence-electron chi connectivity index (χ3n) is 4.68. The van der Waals surface area contributed by atoms with Gasteiger partial charge in [0.1, 0.15) is 17.2 Å². The molecular formula is C23H23BrF3NO3. The second kappa shape index (κ2) is 9.04. The van der Waals surface area contributed by atoms with Crippen LogP contribution in [0.4, 0.5) is 13.2 Å². The first-order valence-corrected chi connectivity index (χ1v) is 10.5. The summed E-state index contributed by atoms with van der Waals surface area (Å²) in [6.45, 7) is 5.64. The number of nitrogens with zero attached hydrogens (tertiary/aromatic N) is 1. The van der Waals surface area contributed by atoms with Crippen LogP contribution in [-0.2, 0) is 22.4 Å². The zero-order valence-corrected chi connectivity index (χ0v) is 19.3. The number of ether oxygens (including phenoxy) is 2. The first-order valence-electron chi connectivity index (χ1n) is 9.68. The van der Waals surface area contributed by atoms with Crippen LogP contribution in [-0.4, -0.2) is 29.9 Å². The van der Waals surface area contributed by atoms with Crippen LogP contribution in [0.3, 0.4) is 0 Å². The van der Waals surface area contributed by atoms with E-state index in [-0.39, 0.29) is 40.7 Å². The highest BCUT2D eigenvalue weighted by Crippen LogP contribution is 2.29. The van der Waals surface area contributed by atoms with Gasteiger partial charge in [-0.3, -0.25) is 0 Å². The smallest absolute Gasteiger partial charge is 0.341 e. The molecule has 0 aliphatic carbocycles. The van der Waals surface area contributed by atoms with Crippen molar-refractivity contribution in [3.05, 3.63) is 69.1 Å². The predicted octanol–water partition coefficient (Wildman–Crippen LogP) is 6.01. The lowest BCUT2D eigenvalue weighted by molar-refractivity contribution is 0.00650. The Morgan fingerprint density at radius 2 is 1.81 bits per heavy atom. The minimum absolute atomic E-state index is 0.0294. The number of aromatic nitrogens is 1. The van der Waals surface area contributed by atoms with Crippen molar-refractivity contribution in [3.8, 4) is 0 Å². The third kappa shape index (κ3) is 5.13. The molecule has 31 heavy (non-hydrogen) atoms. The molecule has 0 aliphatic rings. The van der Waals surface area contributed by atoms with Crippen LogP contribution < -0.4 is 0 Å². The summed E-state index contributed by atoms with van der Waals surface area (Å²) in [5.74, 6) is -2.66. The molecule has 3 rings (SSSR count). The van der Waals surface area contributed by atoms with Gasteiger partial charge in [0, 0.05) is 31.2 Å². The van der Waals surface area contributed by atoms with E-state index in [9.17, 15) is 13.6 Å². The molecule has 1 heterocycles. The van der Waals surface area contributed by atoms with Crippen LogP contribution >= 0.6 is 15.9 Å². The summed E-state index contributed by atoms with van der Waals surface area (Å²) in [5, 5.41) is 0.536. The van der Waals surface area contributed by atoms with Crippen molar-refractivity contribution in [1.82, 2.24) is 4.57 Å². The first kappa shape index (κ1) is 23.3. The van der Waals surface area contributed by atoms with Crippen LogP contribution in [0.25, 0.3) is 10.9 Å². The van der Waals surface area contributed by atoms with Gasteiger partial charge in [-0.1, -0.05) is 6.07 Å². The van der Waals surface area contributed by atoms with E-state index in [1.807, 2.05) is 0 Å². The van der Waals surface area contributed by atoms with Crippen molar-refractivity contribution >= 4 is 32.8 Å². The lowest BCUT2D eigenvalue weighted by atomic mass is 10.1. The minimum Gasteiger partial charge on any atom is -0.456 e. The molecule has 0 aliphatic heterocycles. The number of fused-ring (bicyclic) bond motifs is 1. The maximum Gasteiger partial charge on any atom is 0.341 e. The topological polar surface area (TPSA) is 40.5 Å². The molecule has 0 spiro atoms. The molecule has 0 unspecified atom stereocenters. The lowest BCUT2D eigenvalue weighted by Crippen LogP contribution is -2.24. The van der Waals surface area contributed by atoms with E-state index in [2.05, 4.69) is 15.9 Å². The number of hydrogen-bond donors (Lipinski definition) is 0. The standard InChI is InChI=1S/C23H23BrF3NO3/c1-23(2,3)31-22(29)16-6-5-13-9-15(28(7-8-30-4)21(13)20(16)27)10-14-11-19(26)17(24)12-18(14)25/h5-6,9,11-12H,7-8,10H2,1-4H3. The fourth-order valence-corrected chi connectivity index (χ4v) is 3.66.